The Kier molecular flexibility index (Phi) is 12.0. The van der Waals surface area contributed by atoms with Gasteiger partial charge in [0, 0.05) is 37.8 Å². The van der Waals surface area contributed by atoms with E-state index in [0.29, 0.717) is 9.13 Å². The van der Waals surface area contributed by atoms with Crippen LogP contribution in [0.15, 0.2) is 48.0 Å². The van der Waals surface area contributed by atoms with Crippen molar-refractivity contribution in [3.63, 3.8) is 0 Å². The molecule has 4 N–H and O–H groups in total. The van der Waals surface area contributed by atoms with Gasteiger partial charge in [0.05, 0.1) is 42.1 Å². The molecule has 42 heavy (non-hydrogen) atoms. The first kappa shape index (κ1) is 33.6. The Hall–Kier alpha value is -2.92. The zero-order valence-electron chi connectivity index (χ0n) is 22.9. The van der Waals surface area contributed by atoms with Crippen molar-refractivity contribution in [1.29, 1.82) is 0 Å². The summed E-state index contributed by atoms with van der Waals surface area (Å²) in [5.41, 5.74) is -0.263. The molecule has 0 radical (unpaired) electrons. The van der Waals surface area contributed by atoms with Crippen molar-refractivity contribution in [2.75, 3.05) is 40.5 Å². The van der Waals surface area contributed by atoms with Gasteiger partial charge in [0.25, 0.3) is 5.91 Å². The maximum atomic E-state index is 13.6. The Bertz CT molecular complexity index is 1270. The maximum absolute atomic E-state index is 13.6. The molecule has 2 aromatic rings. The van der Waals surface area contributed by atoms with Crippen LogP contribution in [0, 0.1) is 3.57 Å². The van der Waals surface area contributed by atoms with Crippen molar-refractivity contribution in [2.24, 2.45) is 0 Å². The predicted molar refractivity (Wildman–Crippen MR) is 153 cm³/mol. The van der Waals surface area contributed by atoms with E-state index in [0.717, 1.165) is 24.3 Å². The summed E-state index contributed by atoms with van der Waals surface area (Å²) in [7, 11) is 2.81. The SMILES string of the molecule is COCCN(C(=O)c1ccc(C(F)(F)F)cc1)C1CC(C(=O)NCCO)=CC(Oc2c(I)cc(CO)cc2OC)C1O. The number of ether oxygens (including phenoxy) is 3. The maximum Gasteiger partial charge on any atom is 0.416 e. The number of alkyl halides is 3. The number of nitrogens with one attached hydrogen (secondary N) is 1. The fraction of sp³-hybridized carbons (Fsp3) is 0.429. The third kappa shape index (κ3) is 8.12. The monoisotopic (exact) mass is 708 g/mol. The average molecular weight is 708 g/mol. The summed E-state index contributed by atoms with van der Waals surface area (Å²) < 4.78 is 56.6. The Morgan fingerprint density at radius 1 is 1.14 bits per heavy atom. The van der Waals surface area contributed by atoms with Gasteiger partial charge in [-0.3, -0.25) is 9.59 Å². The first-order valence-electron chi connectivity index (χ1n) is 12.8. The largest absolute Gasteiger partial charge is 0.493 e. The van der Waals surface area contributed by atoms with Crippen LogP contribution >= 0.6 is 22.6 Å². The number of benzene rings is 2. The van der Waals surface area contributed by atoms with Gasteiger partial charge in [-0.15, -0.1) is 0 Å². The first-order valence-corrected chi connectivity index (χ1v) is 13.9. The molecule has 0 saturated carbocycles. The Morgan fingerprint density at radius 3 is 2.40 bits per heavy atom. The van der Waals surface area contributed by atoms with E-state index in [9.17, 15) is 38.1 Å². The van der Waals surface area contributed by atoms with Gasteiger partial charge in [0.1, 0.15) is 12.2 Å². The van der Waals surface area contributed by atoms with Crippen LogP contribution in [0.1, 0.15) is 27.9 Å². The highest BCUT2D eigenvalue weighted by Gasteiger charge is 2.41. The van der Waals surface area contributed by atoms with Crippen LogP contribution in [-0.4, -0.2) is 90.8 Å². The van der Waals surface area contributed by atoms with Crippen molar-refractivity contribution >= 4 is 34.4 Å². The molecule has 1 aliphatic rings. The smallest absolute Gasteiger partial charge is 0.416 e. The number of carbonyl (C=O) groups excluding carboxylic acids is 2. The van der Waals surface area contributed by atoms with Gasteiger partial charge in [0.2, 0.25) is 5.91 Å². The van der Waals surface area contributed by atoms with E-state index >= 15 is 0 Å². The van der Waals surface area contributed by atoms with E-state index in [1.165, 1.54) is 25.2 Å². The normalized spacial score (nSPS) is 18.7. The summed E-state index contributed by atoms with van der Waals surface area (Å²) >= 11 is 1.98. The summed E-state index contributed by atoms with van der Waals surface area (Å²) in [4.78, 5) is 27.9. The van der Waals surface area contributed by atoms with Crippen molar-refractivity contribution in [3.05, 3.63) is 68.3 Å². The van der Waals surface area contributed by atoms with Gasteiger partial charge < -0.3 is 39.7 Å². The van der Waals surface area contributed by atoms with Crippen LogP contribution in [0.2, 0.25) is 0 Å². The molecule has 0 aromatic heterocycles. The number of amides is 2. The fourth-order valence-electron chi connectivity index (χ4n) is 4.47. The molecule has 3 atom stereocenters. The number of aliphatic hydroxyl groups is 3. The highest BCUT2D eigenvalue weighted by Crippen LogP contribution is 2.37. The van der Waals surface area contributed by atoms with Crippen LogP contribution in [0.25, 0.3) is 0 Å². The molecule has 10 nitrogen and oxygen atoms in total. The van der Waals surface area contributed by atoms with Crippen molar-refractivity contribution in [3.8, 4) is 11.5 Å². The summed E-state index contributed by atoms with van der Waals surface area (Å²) in [6.45, 7) is -0.630. The lowest BCUT2D eigenvalue weighted by Crippen LogP contribution is -2.55. The van der Waals surface area contributed by atoms with Gasteiger partial charge in [-0.05, 0) is 70.6 Å². The minimum absolute atomic E-state index is 0.0330. The fourth-order valence-corrected chi connectivity index (χ4v) is 5.26. The van der Waals surface area contributed by atoms with Crippen molar-refractivity contribution in [2.45, 2.75) is 37.5 Å². The molecular formula is C28H32F3IN2O8. The lowest BCUT2D eigenvalue weighted by atomic mass is 9.87. The quantitative estimate of drug-likeness (QED) is 0.247. The summed E-state index contributed by atoms with van der Waals surface area (Å²) in [6, 6.07) is 5.85. The molecule has 14 heteroatoms. The molecule has 1 aliphatic carbocycles. The van der Waals surface area contributed by atoms with Crippen molar-refractivity contribution in [1.82, 2.24) is 10.2 Å². The number of carbonyl (C=O) groups is 2. The molecule has 0 aliphatic heterocycles. The highest BCUT2D eigenvalue weighted by atomic mass is 127. The standard InChI is InChI=1S/C28H32F3IN2O8/c1-40-10-8-34(27(39)17-3-5-19(6-4-17)28(29,30)31)21-13-18(26(38)33-7-9-35)14-22(24(21)37)42-25-20(32)11-16(15-36)12-23(25)41-2/h3-6,11-12,14,21-22,24,35-37H,7-10,13,15H2,1-2H3,(H,33,38). The number of rotatable bonds is 12. The molecule has 0 saturated heterocycles. The Morgan fingerprint density at radius 2 is 1.83 bits per heavy atom. The van der Waals surface area contributed by atoms with Crippen LogP contribution in [0.3, 0.4) is 0 Å². The zero-order chi connectivity index (χ0) is 31.0. The van der Waals surface area contributed by atoms with Gasteiger partial charge in [-0.25, -0.2) is 0 Å². The Labute approximate surface area is 254 Å². The molecule has 2 amide bonds. The lowest BCUT2D eigenvalue weighted by Gasteiger charge is -2.40. The summed E-state index contributed by atoms with van der Waals surface area (Å²) in [5.74, 6) is -0.749. The number of halogens is 4. The average Bonchev–Trinajstić information content (AvgIpc) is 2.97. The second kappa shape index (κ2) is 15.0. The molecule has 230 valence electrons. The van der Waals surface area contributed by atoms with E-state index < -0.39 is 41.8 Å². The summed E-state index contributed by atoms with van der Waals surface area (Å²) in [6.07, 6.45) is -5.86. The molecule has 0 spiro atoms. The van der Waals surface area contributed by atoms with Crippen LogP contribution < -0.4 is 14.8 Å². The van der Waals surface area contributed by atoms with E-state index in [1.807, 2.05) is 22.6 Å². The van der Waals surface area contributed by atoms with E-state index in [1.54, 1.807) is 12.1 Å². The van der Waals surface area contributed by atoms with Gasteiger partial charge in [0.15, 0.2) is 11.5 Å². The summed E-state index contributed by atoms with van der Waals surface area (Å²) in [5, 5.41) is 32.8. The van der Waals surface area contributed by atoms with Crippen molar-refractivity contribution < 1.29 is 52.3 Å². The molecule has 0 heterocycles. The molecule has 0 bridgehead atoms. The van der Waals surface area contributed by atoms with E-state index in [-0.39, 0.29) is 62.0 Å². The molecule has 0 fully saturated rings. The minimum Gasteiger partial charge on any atom is -0.493 e. The third-order valence-electron chi connectivity index (χ3n) is 6.60. The second-order valence-corrected chi connectivity index (χ2v) is 10.5. The van der Waals surface area contributed by atoms with Gasteiger partial charge in [-0.1, -0.05) is 0 Å². The van der Waals surface area contributed by atoms with Crippen LogP contribution in [0.4, 0.5) is 13.2 Å². The van der Waals surface area contributed by atoms with Gasteiger partial charge in [-0.2, -0.15) is 13.2 Å². The molecule has 3 unspecified atom stereocenters. The number of hydrogen-bond acceptors (Lipinski definition) is 8. The van der Waals surface area contributed by atoms with E-state index in [2.05, 4.69) is 5.32 Å². The zero-order valence-corrected chi connectivity index (χ0v) is 25.0. The van der Waals surface area contributed by atoms with Crippen LogP contribution in [-0.2, 0) is 22.3 Å². The van der Waals surface area contributed by atoms with E-state index in [4.69, 9.17) is 14.2 Å². The number of methoxy groups -OCH3 is 2. The lowest BCUT2D eigenvalue weighted by molar-refractivity contribution is -0.137. The number of hydrogen-bond donors (Lipinski definition) is 4. The molecule has 2 aromatic carbocycles. The number of nitrogens with zero attached hydrogens (tertiary/aromatic N) is 1. The first-order chi connectivity index (χ1) is 19.9. The minimum atomic E-state index is -4.59. The third-order valence-corrected chi connectivity index (χ3v) is 7.40. The highest BCUT2D eigenvalue weighted by molar-refractivity contribution is 14.1. The topological polar surface area (TPSA) is 138 Å². The second-order valence-electron chi connectivity index (χ2n) is 9.35. The number of aliphatic hydroxyl groups excluding tert-OH is 3. The van der Waals surface area contributed by atoms with Crippen LogP contribution in [0.5, 0.6) is 11.5 Å². The predicted octanol–water partition coefficient (Wildman–Crippen LogP) is 2.52. The molecular weight excluding hydrogens is 676 g/mol. The Balaban J connectivity index is 2.03. The molecule has 3 rings (SSSR count). The van der Waals surface area contributed by atoms with Gasteiger partial charge >= 0.3 is 6.18 Å².